The van der Waals surface area contributed by atoms with E-state index in [0.717, 1.165) is 25.9 Å². The second-order valence-electron chi connectivity index (χ2n) is 6.40. The van der Waals surface area contributed by atoms with E-state index >= 15 is 0 Å². The molecule has 134 valence electrons. The van der Waals surface area contributed by atoms with Crippen LogP contribution in [0, 0.1) is 5.92 Å². The molecule has 3 rings (SSSR count). The van der Waals surface area contributed by atoms with Crippen LogP contribution in [-0.2, 0) is 14.8 Å². The van der Waals surface area contributed by atoms with Gasteiger partial charge < -0.3 is 15.2 Å². The van der Waals surface area contributed by atoms with Crippen LogP contribution < -0.4 is 10.5 Å². The lowest BCUT2D eigenvalue weighted by Gasteiger charge is -2.30. The van der Waals surface area contributed by atoms with Crippen LogP contribution in [0.15, 0.2) is 23.1 Å². The van der Waals surface area contributed by atoms with E-state index in [2.05, 4.69) is 0 Å². The number of nitrogens with zero attached hydrogens (tertiary/aromatic N) is 1. The average molecular weight is 375 g/mol. The molecular weight excluding hydrogens is 352 g/mol. The van der Waals surface area contributed by atoms with Gasteiger partial charge in [-0.25, -0.2) is 8.42 Å². The molecule has 2 unspecified atom stereocenters. The van der Waals surface area contributed by atoms with Crippen LogP contribution in [0.25, 0.3) is 0 Å². The van der Waals surface area contributed by atoms with E-state index < -0.39 is 10.0 Å². The molecule has 2 aliphatic rings. The SMILES string of the molecule is NC1CCCN(S(=O)(=O)c2cc(Cl)ccc2OCC2CCOC2)C1. The Morgan fingerprint density at radius 1 is 1.38 bits per heavy atom. The summed E-state index contributed by atoms with van der Waals surface area (Å²) in [4.78, 5) is 0.114. The van der Waals surface area contributed by atoms with Crippen molar-refractivity contribution >= 4 is 21.6 Å². The number of piperidine rings is 1. The molecule has 0 bridgehead atoms. The van der Waals surface area contributed by atoms with Gasteiger partial charge in [0.05, 0.1) is 13.2 Å². The van der Waals surface area contributed by atoms with Crippen molar-refractivity contribution in [3.8, 4) is 5.75 Å². The van der Waals surface area contributed by atoms with E-state index in [1.165, 1.54) is 10.4 Å². The van der Waals surface area contributed by atoms with Crippen molar-refractivity contribution in [2.45, 2.75) is 30.2 Å². The van der Waals surface area contributed by atoms with Gasteiger partial charge in [-0.1, -0.05) is 11.6 Å². The van der Waals surface area contributed by atoms with Crippen molar-refractivity contribution in [1.29, 1.82) is 0 Å². The minimum absolute atomic E-state index is 0.114. The third-order valence-corrected chi connectivity index (χ3v) is 6.56. The first-order valence-corrected chi connectivity index (χ1v) is 10.0. The first-order chi connectivity index (χ1) is 11.5. The van der Waals surface area contributed by atoms with E-state index in [-0.39, 0.29) is 10.9 Å². The number of ether oxygens (including phenoxy) is 2. The van der Waals surface area contributed by atoms with Crippen LogP contribution in [0.5, 0.6) is 5.75 Å². The maximum Gasteiger partial charge on any atom is 0.246 e. The van der Waals surface area contributed by atoms with E-state index in [0.29, 0.717) is 43.0 Å². The number of rotatable bonds is 5. The highest BCUT2D eigenvalue weighted by Gasteiger charge is 2.31. The summed E-state index contributed by atoms with van der Waals surface area (Å²) in [6.45, 7) is 2.61. The van der Waals surface area contributed by atoms with Crippen molar-refractivity contribution < 1.29 is 17.9 Å². The molecule has 0 spiro atoms. The molecule has 0 saturated carbocycles. The van der Waals surface area contributed by atoms with Gasteiger partial charge in [-0.2, -0.15) is 4.31 Å². The van der Waals surface area contributed by atoms with Gasteiger partial charge in [-0.05, 0) is 37.5 Å². The monoisotopic (exact) mass is 374 g/mol. The molecule has 1 aromatic rings. The Balaban J connectivity index is 1.83. The summed E-state index contributed by atoms with van der Waals surface area (Å²) in [5, 5.41) is 0.367. The molecule has 2 saturated heterocycles. The maximum absolute atomic E-state index is 13.0. The highest BCUT2D eigenvalue weighted by Crippen LogP contribution is 2.31. The van der Waals surface area contributed by atoms with Crippen LogP contribution in [0.4, 0.5) is 0 Å². The zero-order valence-corrected chi connectivity index (χ0v) is 15.1. The normalized spacial score (nSPS) is 25.8. The van der Waals surface area contributed by atoms with Crippen LogP contribution in [0.1, 0.15) is 19.3 Å². The Bertz CT molecular complexity index is 677. The molecule has 24 heavy (non-hydrogen) atoms. The second kappa shape index (κ2) is 7.58. The zero-order valence-electron chi connectivity index (χ0n) is 13.5. The molecule has 2 atom stereocenters. The van der Waals surface area contributed by atoms with E-state index in [1.54, 1.807) is 12.1 Å². The molecule has 2 aliphatic heterocycles. The number of nitrogens with two attached hydrogens (primary N) is 1. The lowest BCUT2D eigenvalue weighted by Crippen LogP contribution is -2.45. The molecular formula is C16H23ClN2O4S. The Labute approximate surface area is 147 Å². The Kier molecular flexibility index (Phi) is 5.66. The summed E-state index contributed by atoms with van der Waals surface area (Å²) < 4.78 is 38.6. The maximum atomic E-state index is 13.0. The molecule has 2 fully saturated rings. The van der Waals surface area contributed by atoms with Gasteiger partial charge in [0.15, 0.2) is 0 Å². The fourth-order valence-electron chi connectivity index (χ4n) is 3.06. The molecule has 2 heterocycles. The third-order valence-electron chi connectivity index (χ3n) is 4.44. The number of benzene rings is 1. The molecule has 2 N–H and O–H groups in total. The van der Waals surface area contributed by atoms with Crippen molar-refractivity contribution in [2.75, 3.05) is 32.9 Å². The summed E-state index contributed by atoms with van der Waals surface area (Å²) in [5.74, 6) is 0.630. The fraction of sp³-hybridized carbons (Fsp3) is 0.625. The predicted molar refractivity (Wildman–Crippen MR) is 91.8 cm³/mol. The van der Waals surface area contributed by atoms with E-state index in [9.17, 15) is 8.42 Å². The fourth-order valence-corrected chi connectivity index (χ4v) is 4.99. The first-order valence-electron chi connectivity index (χ1n) is 8.22. The summed E-state index contributed by atoms with van der Waals surface area (Å²) in [6, 6.07) is 4.59. The second-order valence-corrected chi connectivity index (χ2v) is 8.74. The standard InChI is InChI=1S/C16H23ClN2O4S/c17-13-3-4-15(23-11-12-5-7-22-10-12)16(8-13)24(20,21)19-6-1-2-14(18)9-19/h3-4,8,12,14H,1-2,5-7,9-11,18H2. The summed E-state index contributed by atoms with van der Waals surface area (Å²) in [7, 11) is -3.68. The molecule has 0 aromatic heterocycles. The Morgan fingerprint density at radius 2 is 2.21 bits per heavy atom. The molecule has 0 radical (unpaired) electrons. The third kappa shape index (κ3) is 4.03. The number of sulfonamides is 1. The Hall–Kier alpha value is -0.860. The molecule has 1 aromatic carbocycles. The van der Waals surface area contributed by atoms with Crippen LogP contribution >= 0.6 is 11.6 Å². The van der Waals surface area contributed by atoms with Gasteiger partial charge in [0, 0.05) is 36.7 Å². The smallest absolute Gasteiger partial charge is 0.246 e. The lowest BCUT2D eigenvalue weighted by molar-refractivity contribution is 0.166. The van der Waals surface area contributed by atoms with Gasteiger partial charge in [0.25, 0.3) is 0 Å². The number of halogens is 1. The van der Waals surface area contributed by atoms with Crippen LogP contribution in [0.3, 0.4) is 0 Å². The predicted octanol–water partition coefficient (Wildman–Crippen LogP) is 1.87. The van der Waals surface area contributed by atoms with Gasteiger partial charge >= 0.3 is 0 Å². The molecule has 6 nitrogen and oxygen atoms in total. The van der Waals surface area contributed by atoms with Crippen molar-refractivity contribution in [2.24, 2.45) is 11.7 Å². The van der Waals surface area contributed by atoms with Crippen molar-refractivity contribution in [3.05, 3.63) is 23.2 Å². The highest BCUT2D eigenvalue weighted by atomic mass is 35.5. The summed E-state index contributed by atoms with van der Waals surface area (Å²) in [6.07, 6.45) is 2.53. The topological polar surface area (TPSA) is 81.9 Å². The first kappa shape index (κ1) is 17.9. The number of hydrogen-bond donors (Lipinski definition) is 1. The molecule has 8 heteroatoms. The van der Waals surface area contributed by atoms with Crippen LogP contribution in [0.2, 0.25) is 5.02 Å². The highest BCUT2D eigenvalue weighted by molar-refractivity contribution is 7.89. The number of hydrogen-bond acceptors (Lipinski definition) is 5. The summed E-state index contributed by atoms with van der Waals surface area (Å²) in [5.41, 5.74) is 5.93. The zero-order chi connectivity index (χ0) is 17.2. The average Bonchev–Trinajstić information content (AvgIpc) is 3.07. The van der Waals surface area contributed by atoms with Gasteiger partial charge in [-0.3, -0.25) is 0 Å². The quantitative estimate of drug-likeness (QED) is 0.850. The summed E-state index contributed by atoms with van der Waals surface area (Å²) >= 11 is 6.03. The largest absolute Gasteiger partial charge is 0.492 e. The molecule has 0 aliphatic carbocycles. The van der Waals surface area contributed by atoms with E-state index in [1.807, 2.05) is 0 Å². The Morgan fingerprint density at radius 3 is 2.92 bits per heavy atom. The lowest BCUT2D eigenvalue weighted by atomic mass is 10.1. The molecule has 0 amide bonds. The van der Waals surface area contributed by atoms with Crippen molar-refractivity contribution in [1.82, 2.24) is 4.31 Å². The minimum Gasteiger partial charge on any atom is -0.492 e. The minimum atomic E-state index is -3.68. The van der Waals surface area contributed by atoms with E-state index in [4.69, 9.17) is 26.8 Å². The van der Waals surface area contributed by atoms with Gasteiger partial charge in [-0.15, -0.1) is 0 Å². The van der Waals surface area contributed by atoms with Crippen LogP contribution in [-0.4, -0.2) is 51.7 Å². The van der Waals surface area contributed by atoms with Gasteiger partial charge in [0.1, 0.15) is 10.6 Å². The van der Waals surface area contributed by atoms with Crippen molar-refractivity contribution in [3.63, 3.8) is 0 Å². The van der Waals surface area contributed by atoms with Gasteiger partial charge in [0.2, 0.25) is 10.0 Å².